The van der Waals surface area contributed by atoms with Gasteiger partial charge in [-0.15, -0.1) is 0 Å². The van der Waals surface area contributed by atoms with E-state index in [-0.39, 0.29) is 9.52 Å². The highest BCUT2D eigenvalue weighted by Gasteiger charge is 2.30. The SMILES string of the molecule is CC1=Cc2c(ccc(C(C)C)c2-c2cc(C(C)C)cc(C(C)C)c2)C1C[SiH2]CC1C(C)=Cc2c1ccc(C(C)C)c2-c1cc(C(C)C)cc(C(C)C)c1. The van der Waals surface area contributed by atoms with Crippen LogP contribution >= 0.6 is 0 Å². The molecule has 53 heavy (non-hydrogen) atoms. The monoisotopic (exact) mass is 721 g/mol. The summed E-state index contributed by atoms with van der Waals surface area (Å²) in [5.74, 6) is 4.09. The Kier molecular flexibility index (Phi) is 11.7. The van der Waals surface area contributed by atoms with E-state index in [1.54, 1.807) is 22.3 Å². The predicted octanol–water partition coefficient (Wildman–Crippen LogP) is 15.5. The summed E-state index contributed by atoms with van der Waals surface area (Å²) in [5, 5.41) is 0. The Labute approximate surface area is 326 Å². The molecule has 0 heterocycles. The first-order chi connectivity index (χ1) is 25.1. The Morgan fingerprint density at radius 2 is 0.755 bits per heavy atom. The maximum absolute atomic E-state index is 2.57. The molecular formula is C52H68Si. The van der Waals surface area contributed by atoms with Gasteiger partial charge in [0.1, 0.15) is 0 Å². The first kappa shape index (κ1) is 39.3. The molecule has 2 aliphatic rings. The Balaban J connectivity index is 1.32. The number of benzene rings is 4. The second kappa shape index (κ2) is 15.7. The van der Waals surface area contributed by atoms with Crippen LogP contribution in [0.2, 0.25) is 12.1 Å². The van der Waals surface area contributed by atoms with Crippen LogP contribution in [0.1, 0.15) is 200 Å². The van der Waals surface area contributed by atoms with Crippen LogP contribution in [0.5, 0.6) is 0 Å². The van der Waals surface area contributed by atoms with Gasteiger partial charge in [0.15, 0.2) is 0 Å². The molecule has 0 radical (unpaired) electrons. The van der Waals surface area contributed by atoms with Crippen molar-refractivity contribution < 1.29 is 0 Å². The molecule has 0 amide bonds. The Morgan fingerprint density at radius 3 is 1.04 bits per heavy atom. The quantitative estimate of drug-likeness (QED) is 0.128. The molecule has 0 nitrogen and oxygen atoms in total. The van der Waals surface area contributed by atoms with Gasteiger partial charge in [0.05, 0.1) is 0 Å². The van der Waals surface area contributed by atoms with E-state index in [1.807, 2.05) is 0 Å². The fourth-order valence-electron chi connectivity index (χ4n) is 9.25. The third-order valence-electron chi connectivity index (χ3n) is 12.6. The lowest BCUT2D eigenvalue weighted by molar-refractivity contribution is 0.833. The summed E-state index contributed by atoms with van der Waals surface area (Å²) >= 11 is 0. The fourth-order valence-corrected chi connectivity index (χ4v) is 11.8. The molecule has 0 spiro atoms. The van der Waals surface area contributed by atoms with Crippen molar-refractivity contribution >= 4 is 21.7 Å². The summed E-state index contributed by atoms with van der Waals surface area (Å²) in [6.07, 6.45) is 5.14. The van der Waals surface area contributed by atoms with Crippen LogP contribution in [0, 0.1) is 0 Å². The van der Waals surface area contributed by atoms with E-state index in [4.69, 9.17) is 0 Å². The lowest BCUT2D eigenvalue weighted by Gasteiger charge is -2.23. The minimum absolute atomic E-state index is 0.342. The lowest BCUT2D eigenvalue weighted by atomic mass is 9.83. The molecule has 4 aromatic rings. The van der Waals surface area contributed by atoms with Gasteiger partial charge in [-0.25, -0.2) is 0 Å². The zero-order valence-corrected chi connectivity index (χ0v) is 37.1. The number of rotatable bonds is 12. The van der Waals surface area contributed by atoms with Crippen LogP contribution < -0.4 is 0 Å². The van der Waals surface area contributed by atoms with E-state index in [1.165, 1.54) is 78.8 Å². The molecule has 0 saturated carbocycles. The molecule has 280 valence electrons. The molecule has 1 heteroatoms. The van der Waals surface area contributed by atoms with Crippen LogP contribution in [0.4, 0.5) is 0 Å². The van der Waals surface area contributed by atoms with Crippen LogP contribution in [0.15, 0.2) is 71.8 Å². The third kappa shape index (κ3) is 7.75. The molecule has 2 unspecified atom stereocenters. The summed E-state index contributed by atoms with van der Waals surface area (Å²) in [7, 11) is -0.342. The highest BCUT2D eigenvalue weighted by molar-refractivity contribution is 6.36. The molecule has 4 aromatic carbocycles. The normalized spacial score (nSPS) is 17.1. The third-order valence-corrected chi connectivity index (χ3v) is 14.6. The highest BCUT2D eigenvalue weighted by atomic mass is 28.2. The van der Waals surface area contributed by atoms with Gasteiger partial charge in [-0.3, -0.25) is 0 Å². The van der Waals surface area contributed by atoms with E-state index >= 15 is 0 Å². The molecule has 2 aliphatic carbocycles. The molecule has 0 saturated heterocycles. The molecule has 0 N–H and O–H groups in total. The van der Waals surface area contributed by atoms with Crippen LogP contribution in [-0.2, 0) is 0 Å². The summed E-state index contributed by atoms with van der Waals surface area (Å²) in [6.45, 7) is 33.0. The maximum atomic E-state index is 2.57. The van der Waals surface area contributed by atoms with Gasteiger partial charge in [-0.05, 0) is 127 Å². The van der Waals surface area contributed by atoms with Crippen molar-refractivity contribution in [3.05, 3.63) is 127 Å². The molecule has 2 atom stereocenters. The highest BCUT2D eigenvalue weighted by Crippen LogP contribution is 2.49. The number of allylic oxidation sites excluding steroid dienone is 2. The van der Waals surface area contributed by atoms with Gasteiger partial charge in [-0.2, -0.15) is 0 Å². The van der Waals surface area contributed by atoms with Crippen molar-refractivity contribution in [3.63, 3.8) is 0 Å². The first-order valence-electron chi connectivity index (χ1n) is 21.1. The maximum Gasteiger partial charge on any atom is 0.0218 e. The largest absolute Gasteiger partial charge is 0.0655 e. The minimum Gasteiger partial charge on any atom is -0.0655 e. The number of hydrogen-bond donors (Lipinski definition) is 0. The van der Waals surface area contributed by atoms with Crippen molar-refractivity contribution in [2.75, 3.05) is 0 Å². The van der Waals surface area contributed by atoms with E-state index in [0.29, 0.717) is 47.3 Å². The zero-order valence-electron chi connectivity index (χ0n) is 35.7. The minimum atomic E-state index is -0.342. The Bertz CT molecular complexity index is 1840. The average molecular weight is 721 g/mol. The van der Waals surface area contributed by atoms with Gasteiger partial charge in [0.25, 0.3) is 0 Å². The topological polar surface area (TPSA) is 0 Å². The van der Waals surface area contributed by atoms with Crippen LogP contribution in [0.25, 0.3) is 34.4 Å². The van der Waals surface area contributed by atoms with Gasteiger partial charge < -0.3 is 0 Å². The molecule has 0 fully saturated rings. The molecule has 0 aliphatic heterocycles. The van der Waals surface area contributed by atoms with E-state index in [9.17, 15) is 0 Å². The Hall–Kier alpha value is -3.42. The van der Waals surface area contributed by atoms with Gasteiger partial charge in [0.2, 0.25) is 0 Å². The van der Waals surface area contributed by atoms with Gasteiger partial charge in [-0.1, -0.05) is 179 Å². The zero-order chi connectivity index (χ0) is 38.5. The fraction of sp³-hybridized carbons (Fsp3) is 0.462. The first-order valence-corrected chi connectivity index (χ1v) is 23.1. The van der Waals surface area contributed by atoms with Gasteiger partial charge >= 0.3 is 0 Å². The second-order valence-electron chi connectivity index (χ2n) is 18.6. The molecular weight excluding hydrogens is 653 g/mol. The number of hydrogen-bond acceptors (Lipinski definition) is 0. The van der Waals surface area contributed by atoms with Crippen molar-refractivity contribution in [2.24, 2.45) is 0 Å². The lowest BCUT2D eigenvalue weighted by Crippen LogP contribution is -2.08. The standard InChI is InChI=1S/C52H68Si/c1-29(2)37-21-38(30(3)4)24-41(23-37)51-43(33(9)10)15-17-45-47(51)19-35(13)49(45)27-53-28-50-36(14)20-48-46(50)18-16-44(34(11)12)52(48)42-25-39(31(5)6)22-40(26-42)32(7)8/h15-26,29-34,49-50H,27-28,53H2,1-14H3. The van der Waals surface area contributed by atoms with E-state index in [2.05, 4.69) is 170 Å². The van der Waals surface area contributed by atoms with Crippen molar-refractivity contribution in [2.45, 2.75) is 156 Å². The molecule has 6 rings (SSSR count). The van der Waals surface area contributed by atoms with E-state index in [0.717, 1.165) is 0 Å². The van der Waals surface area contributed by atoms with Crippen LogP contribution in [0.3, 0.4) is 0 Å². The second-order valence-corrected chi connectivity index (χ2v) is 20.4. The average Bonchev–Trinajstić information content (AvgIpc) is 3.60. The van der Waals surface area contributed by atoms with E-state index < -0.39 is 0 Å². The van der Waals surface area contributed by atoms with Crippen molar-refractivity contribution in [1.29, 1.82) is 0 Å². The van der Waals surface area contributed by atoms with Crippen LogP contribution in [-0.4, -0.2) is 9.52 Å². The molecule has 0 bridgehead atoms. The number of fused-ring (bicyclic) bond motifs is 2. The molecule has 0 aromatic heterocycles. The van der Waals surface area contributed by atoms with Gasteiger partial charge in [0, 0.05) is 21.4 Å². The summed E-state index contributed by atoms with van der Waals surface area (Å²) < 4.78 is 0. The Morgan fingerprint density at radius 1 is 0.434 bits per heavy atom. The predicted molar refractivity (Wildman–Crippen MR) is 239 cm³/mol. The summed E-state index contributed by atoms with van der Waals surface area (Å²) in [6, 6.07) is 27.5. The van der Waals surface area contributed by atoms with Crippen molar-refractivity contribution in [3.8, 4) is 22.3 Å². The van der Waals surface area contributed by atoms with Crippen molar-refractivity contribution in [1.82, 2.24) is 0 Å². The summed E-state index contributed by atoms with van der Waals surface area (Å²) in [5.41, 5.74) is 23.9. The smallest absolute Gasteiger partial charge is 0.0218 e. The summed E-state index contributed by atoms with van der Waals surface area (Å²) in [4.78, 5) is 0.